The van der Waals surface area contributed by atoms with E-state index < -0.39 is 6.10 Å². The molecule has 3 aromatic rings. The van der Waals surface area contributed by atoms with E-state index in [0.29, 0.717) is 12.1 Å². The van der Waals surface area contributed by atoms with Crippen LogP contribution in [0.3, 0.4) is 0 Å². The lowest BCUT2D eigenvalue weighted by Crippen LogP contribution is -2.07. The third-order valence-corrected chi connectivity index (χ3v) is 4.33. The van der Waals surface area contributed by atoms with Gasteiger partial charge in [-0.15, -0.1) is 0 Å². The Morgan fingerprint density at radius 2 is 2.25 bits per heavy atom. The number of nitrogens with one attached hydrogen (secondary N) is 2. The Morgan fingerprint density at radius 1 is 1.38 bits per heavy atom. The van der Waals surface area contributed by atoms with Crippen molar-refractivity contribution < 1.29 is 5.11 Å². The Morgan fingerprint density at radius 3 is 3.08 bits per heavy atom. The van der Waals surface area contributed by atoms with Gasteiger partial charge in [0.15, 0.2) is 5.65 Å². The maximum atomic E-state index is 9.76. The molecule has 4 rings (SSSR count). The van der Waals surface area contributed by atoms with Crippen LogP contribution in [-0.4, -0.2) is 31.3 Å². The number of benzene rings is 1. The number of aromatic nitrogens is 3. The van der Waals surface area contributed by atoms with E-state index in [0.717, 1.165) is 41.3 Å². The van der Waals surface area contributed by atoms with Crippen molar-refractivity contribution in [2.45, 2.75) is 32.3 Å². The van der Waals surface area contributed by atoms with Crippen LogP contribution in [0.2, 0.25) is 0 Å². The number of rotatable bonds is 4. The van der Waals surface area contributed by atoms with Crippen molar-refractivity contribution in [2.75, 3.05) is 5.32 Å². The lowest BCUT2D eigenvalue weighted by atomic mass is 10.1. The van der Waals surface area contributed by atoms with Crippen LogP contribution < -0.4 is 5.32 Å². The van der Waals surface area contributed by atoms with E-state index in [4.69, 9.17) is 5.41 Å². The van der Waals surface area contributed by atoms with Crippen molar-refractivity contribution in [1.82, 2.24) is 14.4 Å². The zero-order chi connectivity index (χ0) is 16.7. The van der Waals surface area contributed by atoms with E-state index in [9.17, 15) is 5.11 Å². The summed E-state index contributed by atoms with van der Waals surface area (Å²) in [4.78, 5) is 8.69. The summed E-state index contributed by atoms with van der Waals surface area (Å²) in [7, 11) is 0. The fraction of sp³-hybridized carbons (Fsp3) is 0.278. The van der Waals surface area contributed by atoms with E-state index >= 15 is 0 Å². The Bertz CT molecular complexity index is 928. The number of nitrogens with zero attached hydrogens (tertiary/aromatic N) is 3. The third-order valence-electron chi connectivity index (χ3n) is 4.33. The predicted molar refractivity (Wildman–Crippen MR) is 93.2 cm³/mol. The molecule has 0 fully saturated rings. The Balaban J connectivity index is 1.75. The number of anilines is 2. The van der Waals surface area contributed by atoms with Gasteiger partial charge in [-0.25, -0.2) is 4.98 Å². The van der Waals surface area contributed by atoms with Crippen molar-refractivity contribution in [3.63, 3.8) is 0 Å². The Kier molecular flexibility index (Phi) is 3.54. The van der Waals surface area contributed by atoms with Crippen LogP contribution in [0.1, 0.15) is 30.2 Å². The van der Waals surface area contributed by atoms with Crippen LogP contribution in [0.4, 0.5) is 11.5 Å². The second-order valence-corrected chi connectivity index (χ2v) is 6.24. The van der Waals surface area contributed by atoms with Gasteiger partial charge in [-0.3, -0.25) is 9.38 Å². The minimum absolute atomic E-state index is 0.469. The highest BCUT2D eigenvalue weighted by atomic mass is 16.3. The molecule has 0 spiro atoms. The molecule has 0 amide bonds. The van der Waals surface area contributed by atoms with E-state index in [1.807, 2.05) is 22.7 Å². The molecule has 3 N–H and O–H groups in total. The zero-order valence-corrected chi connectivity index (χ0v) is 13.5. The molecule has 1 aromatic carbocycles. The van der Waals surface area contributed by atoms with Gasteiger partial charge in [0.2, 0.25) is 0 Å². The van der Waals surface area contributed by atoms with Gasteiger partial charge in [-0.05, 0) is 43.0 Å². The fourth-order valence-electron chi connectivity index (χ4n) is 3.21. The number of aryl methyl sites for hydroxylation is 1. The number of fused-ring (bicyclic) bond motifs is 2. The molecular weight excluding hydrogens is 302 g/mol. The van der Waals surface area contributed by atoms with Gasteiger partial charge in [-0.2, -0.15) is 0 Å². The van der Waals surface area contributed by atoms with Gasteiger partial charge >= 0.3 is 0 Å². The molecule has 1 unspecified atom stereocenters. The first-order valence-corrected chi connectivity index (χ1v) is 8.08. The van der Waals surface area contributed by atoms with Crippen LogP contribution in [0.25, 0.3) is 5.65 Å². The van der Waals surface area contributed by atoms with Crippen LogP contribution in [0, 0.1) is 5.41 Å². The van der Waals surface area contributed by atoms with Gasteiger partial charge in [0.1, 0.15) is 5.82 Å². The molecular formula is C18H19N5O. The van der Waals surface area contributed by atoms with Crippen LogP contribution in [0.5, 0.6) is 0 Å². The van der Waals surface area contributed by atoms with E-state index in [-0.39, 0.29) is 0 Å². The zero-order valence-electron chi connectivity index (χ0n) is 13.5. The van der Waals surface area contributed by atoms with Gasteiger partial charge in [0.05, 0.1) is 18.0 Å². The van der Waals surface area contributed by atoms with E-state index in [1.54, 1.807) is 19.3 Å². The summed E-state index contributed by atoms with van der Waals surface area (Å²) < 4.78 is 1.94. The molecule has 24 heavy (non-hydrogen) atoms. The van der Waals surface area contributed by atoms with Crippen molar-refractivity contribution >= 4 is 22.9 Å². The topological polar surface area (TPSA) is 86.3 Å². The van der Waals surface area contributed by atoms with Crippen molar-refractivity contribution in [2.24, 2.45) is 0 Å². The minimum atomic E-state index is -0.469. The van der Waals surface area contributed by atoms with E-state index in [1.165, 1.54) is 5.56 Å². The summed E-state index contributed by atoms with van der Waals surface area (Å²) in [5, 5.41) is 21.1. The van der Waals surface area contributed by atoms with Gasteiger partial charge in [0.25, 0.3) is 0 Å². The Labute approximate surface area is 139 Å². The van der Waals surface area contributed by atoms with Gasteiger partial charge in [-0.1, -0.05) is 6.07 Å². The standard InChI is InChI=1S/C18H19N5O/c1-11(24)8-16-18(23-7-6-20-10-17(23)22-16)21-13-3-4-14-12(9-13)2-5-15(14)19/h3-4,6-7,9-11,19,21,24H,2,5,8H2,1H3. The second kappa shape index (κ2) is 5.72. The average Bonchev–Trinajstić information content (AvgIpc) is 3.09. The number of hydrogen-bond acceptors (Lipinski definition) is 5. The van der Waals surface area contributed by atoms with Crippen molar-refractivity contribution in [1.29, 1.82) is 5.41 Å². The van der Waals surface area contributed by atoms with Crippen LogP contribution >= 0.6 is 0 Å². The lowest BCUT2D eigenvalue weighted by molar-refractivity contribution is 0.194. The summed E-state index contributed by atoms with van der Waals surface area (Å²) in [5.41, 5.74) is 5.50. The predicted octanol–water partition coefficient (Wildman–Crippen LogP) is 2.71. The molecule has 0 saturated carbocycles. The molecule has 2 aromatic heterocycles. The highest BCUT2D eigenvalue weighted by molar-refractivity contribution is 6.02. The van der Waals surface area contributed by atoms with Gasteiger partial charge in [0, 0.05) is 30.2 Å². The lowest BCUT2D eigenvalue weighted by Gasteiger charge is -2.11. The van der Waals surface area contributed by atoms with E-state index in [2.05, 4.69) is 21.4 Å². The molecule has 122 valence electrons. The number of hydrogen-bond donors (Lipinski definition) is 3. The number of imidazole rings is 1. The maximum Gasteiger partial charge on any atom is 0.157 e. The summed E-state index contributed by atoms with van der Waals surface area (Å²) in [6.07, 6.45) is 7.02. The van der Waals surface area contributed by atoms with Crippen LogP contribution in [-0.2, 0) is 12.8 Å². The molecule has 0 radical (unpaired) electrons. The minimum Gasteiger partial charge on any atom is -0.393 e. The van der Waals surface area contributed by atoms with Crippen molar-refractivity contribution in [3.8, 4) is 0 Å². The highest BCUT2D eigenvalue weighted by Crippen LogP contribution is 2.28. The molecule has 2 heterocycles. The first kappa shape index (κ1) is 14.8. The van der Waals surface area contributed by atoms with Crippen molar-refractivity contribution in [3.05, 3.63) is 53.6 Å². The largest absolute Gasteiger partial charge is 0.393 e. The molecule has 0 bridgehead atoms. The molecule has 1 aliphatic rings. The first-order chi connectivity index (χ1) is 11.6. The maximum absolute atomic E-state index is 9.76. The quantitative estimate of drug-likeness (QED) is 0.689. The SMILES string of the molecule is CC(O)Cc1nc2cnccn2c1Nc1ccc2c(c1)CCC2=N. The molecule has 1 aliphatic carbocycles. The summed E-state index contributed by atoms with van der Waals surface area (Å²) in [6.45, 7) is 1.76. The number of aliphatic hydroxyl groups excluding tert-OH is 1. The molecule has 6 nitrogen and oxygen atoms in total. The summed E-state index contributed by atoms with van der Waals surface area (Å²) in [6, 6.07) is 6.10. The molecule has 0 aliphatic heterocycles. The fourth-order valence-corrected chi connectivity index (χ4v) is 3.21. The summed E-state index contributed by atoms with van der Waals surface area (Å²) >= 11 is 0. The third kappa shape index (κ3) is 2.55. The smallest absolute Gasteiger partial charge is 0.157 e. The normalized spacial score (nSPS) is 14.8. The molecule has 1 atom stereocenters. The highest BCUT2D eigenvalue weighted by Gasteiger charge is 2.18. The number of aliphatic hydroxyl groups is 1. The Hall–Kier alpha value is -2.73. The first-order valence-electron chi connectivity index (χ1n) is 8.08. The van der Waals surface area contributed by atoms with Gasteiger partial charge < -0.3 is 15.8 Å². The van der Waals surface area contributed by atoms with Crippen LogP contribution in [0.15, 0.2) is 36.8 Å². The second-order valence-electron chi connectivity index (χ2n) is 6.24. The average molecular weight is 321 g/mol. The molecule has 6 heteroatoms. The monoisotopic (exact) mass is 321 g/mol. The molecule has 0 saturated heterocycles. The summed E-state index contributed by atoms with van der Waals surface area (Å²) in [5.74, 6) is 0.848.